The molecule has 0 N–H and O–H groups in total. The minimum atomic E-state index is -0.993. The number of hydrogen-bond donors (Lipinski definition) is 0. The highest BCUT2D eigenvalue weighted by Gasteiger charge is 2.55. The van der Waals surface area contributed by atoms with Crippen molar-refractivity contribution in [2.45, 2.75) is 75.2 Å². The second kappa shape index (κ2) is 16.4. The van der Waals surface area contributed by atoms with E-state index in [4.69, 9.17) is 23.7 Å². The van der Waals surface area contributed by atoms with E-state index in [0.29, 0.717) is 19.8 Å². The first kappa shape index (κ1) is 33.9. The van der Waals surface area contributed by atoms with Crippen LogP contribution in [-0.2, 0) is 48.3 Å². The summed E-state index contributed by atoms with van der Waals surface area (Å²) < 4.78 is 32.2. The molecule has 4 aromatic carbocycles. The predicted octanol–water partition coefficient (Wildman–Crippen LogP) is 7.81. The van der Waals surface area contributed by atoms with Crippen LogP contribution < -0.4 is 0 Å². The van der Waals surface area contributed by atoms with Crippen LogP contribution in [0.25, 0.3) is 0 Å². The van der Waals surface area contributed by atoms with E-state index in [1.54, 1.807) is 11.8 Å². The predicted molar refractivity (Wildman–Crippen MR) is 181 cm³/mol. The van der Waals surface area contributed by atoms with Crippen LogP contribution in [-0.4, -0.2) is 49.4 Å². The molecule has 0 bridgehead atoms. The van der Waals surface area contributed by atoms with Crippen LogP contribution >= 0.6 is 11.8 Å². The normalized spacial score (nSPS) is 21.5. The van der Waals surface area contributed by atoms with Gasteiger partial charge in [-0.15, -0.1) is 11.8 Å². The van der Waals surface area contributed by atoms with Crippen LogP contribution in [0.3, 0.4) is 0 Å². The maximum Gasteiger partial charge on any atom is 0.313 e. The first-order valence-corrected chi connectivity index (χ1v) is 16.6. The lowest BCUT2D eigenvalue weighted by atomic mass is 9.79. The summed E-state index contributed by atoms with van der Waals surface area (Å²) in [5.41, 5.74) is 3.35. The second-order valence-electron chi connectivity index (χ2n) is 12.2. The smallest absolute Gasteiger partial charge is 0.313 e. The van der Waals surface area contributed by atoms with Gasteiger partial charge in [0.2, 0.25) is 0 Å². The Labute approximate surface area is 277 Å². The lowest BCUT2D eigenvalue weighted by Gasteiger charge is -2.50. The summed E-state index contributed by atoms with van der Waals surface area (Å²) in [6.45, 7) is 7.28. The monoisotopic (exact) mass is 640 g/mol. The van der Waals surface area contributed by atoms with Crippen molar-refractivity contribution in [1.82, 2.24) is 0 Å². The van der Waals surface area contributed by atoms with E-state index in [0.717, 1.165) is 21.6 Å². The Bertz CT molecular complexity index is 1480. The van der Waals surface area contributed by atoms with Gasteiger partial charge in [0.15, 0.2) is 0 Å². The van der Waals surface area contributed by atoms with Crippen LogP contribution in [0, 0.1) is 12.3 Å². The Morgan fingerprint density at radius 2 is 1.22 bits per heavy atom. The van der Waals surface area contributed by atoms with E-state index in [9.17, 15) is 4.79 Å². The fraction of sp³-hybridized carbons (Fsp3) is 0.359. The Morgan fingerprint density at radius 3 is 1.74 bits per heavy atom. The number of methoxy groups -OCH3 is 1. The van der Waals surface area contributed by atoms with Gasteiger partial charge >= 0.3 is 5.97 Å². The summed E-state index contributed by atoms with van der Waals surface area (Å²) >= 11 is 1.65. The summed E-state index contributed by atoms with van der Waals surface area (Å²) in [5, 5.41) is -0.313. The molecule has 5 rings (SSSR count). The number of aryl methyl sites for hydroxylation is 1. The number of thioether (sulfide) groups is 1. The average molecular weight is 641 g/mol. The summed E-state index contributed by atoms with van der Waals surface area (Å²) in [5.74, 6) is -0.346. The summed E-state index contributed by atoms with van der Waals surface area (Å²) in [6, 6.07) is 38.7. The van der Waals surface area contributed by atoms with Crippen LogP contribution in [0.5, 0.6) is 0 Å². The zero-order valence-corrected chi connectivity index (χ0v) is 27.9. The number of rotatable bonds is 14. The van der Waals surface area contributed by atoms with Crippen LogP contribution in [0.15, 0.2) is 120 Å². The van der Waals surface area contributed by atoms with Crippen molar-refractivity contribution in [3.63, 3.8) is 0 Å². The lowest BCUT2D eigenvalue weighted by Crippen LogP contribution is -2.63. The van der Waals surface area contributed by atoms with Gasteiger partial charge in [-0.3, -0.25) is 4.79 Å². The van der Waals surface area contributed by atoms with Gasteiger partial charge < -0.3 is 23.7 Å². The van der Waals surface area contributed by atoms with E-state index in [-0.39, 0.29) is 17.8 Å². The van der Waals surface area contributed by atoms with Gasteiger partial charge in [-0.25, -0.2) is 0 Å². The molecule has 242 valence electrons. The fourth-order valence-corrected chi connectivity index (χ4v) is 7.21. The van der Waals surface area contributed by atoms with E-state index in [1.807, 2.05) is 92.7 Å². The van der Waals surface area contributed by atoms with E-state index in [2.05, 4.69) is 43.3 Å². The highest BCUT2D eigenvalue weighted by Crippen LogP contribution is 2.44. The molecule has 1 heterocycles. The second-order valence-corrected chi connectivity index (χ2v) is 13.5. The molecular formula is C39H44O6S. The van der Waals surface area contributed by atoms with Crippen LogP contribution in [0.2, 0.25) is 0 Å². The molecule has 0 aliphatic carbocycles. The Morgan fingerprint density at radius 1 is 0.717 bits per heavy atom. The molecule has 4 aromatic rings. The molecule has 6 nitrogen and oxygen atoms in total. The Hall–Kier alpha value is -3.46. The topological polar surface area (TPSA) is 63.2 Å². The van der Waals surface area contributed by atoms with Crippen molar-refractivity contribution in [3.05, 3.63) is 138 Å². The van der Waals surface area contributed by atoms with Crippen LogP contribution in [0.1, 0.15) is 36.1 Å². The minimum Gasteiger partial charge on any atom is -0.469 e. The molecule has 0 spiro atoms. The number of carbonyl (C=O) groups excluding carboxylic acids is 1. The minimum absolute atomic E-state index is 0.259. The first-order valence-electron chi connectivity index (χ1n) is 15.7. The lowest BCUT2D eigenvalue weighted by molar-refractivity contribution is -0.236. The van der Waals surface area contributed by atoms with Gasteiger partial charge in [-0.1, -0.05) is 109 Å². The summed E-state index contributed by atoms with van der Waals surface area (Å²) in [7, 11) is 1.42. The molecule has 5 atom stereocenters. The van der Waals surface area contributed by atoms with Crippen molar-refractivity contribution < 1.29 is 28.5 Å². The summed E-state index contributed by atoms with van der Waals surface area (Å²) in [4.78, 5) is 14.4. The van der Waals surface area contributed by atoms with Crippen molar-refractivity contribution >= 4 is 17.7 Å². The van der Waals surface area contributed by atoms with Gasteiger partial charge in [-0.05, 0) is 49.6 Å². The number of hydrogen-bond acceptors (Lipinski definition) is 7. The quantitative estimate of drug-likeness (QED) is 0.130. The van der Waals surface area contributed by atoms with E-state index < -0.39 is 29.8 Å². The molecule has 1 saturated heterocycles. The third kappa shape index (κ3) is 8.87. The highest BCUT2D eigenvalue weighted by molar-refractivity contribution is 8.00. The molecule has 0 aromatic heterocycles. The molecule has 0 radical (unpaired) electrons. The third-order valence-corrected chi connectivity index (χ3v) is 9.65. The largest absolute Gasteiger partial charge is 0.469 e. The Kier molecular flexibility index (Phi) is 12.1. The molecule has 0 unspecified atom stereocenters. The molecule has 1 aliphatic heterocycles. The maximum absolute atomic E-state index is 13.3. The number of carbonyl (C=O) groups is 1. The fourth-order valence-electron chi connectivity index (χ4n) is 5.70. The van der Waals surface area contributed by atoms with Crippen molar-refractivity contribution in [1.29, 1.82) is 0 Å². The van der Waals surface area contributed by atoms with Gasteiger partial charge in [0, 0.05) is 4.90 Å². The van der Waals surface area contributed by atoms with Gasteiger partial charge in [0.25, 0.3) is 0 Å². The third-order valence-electron chi connectivity index (χ3n) is 8.31. The SMILES string of the molecule is COC(=O)C(C)(C)[C@@H]1O[C@H](COCc2ccccc2)[C@H](OCc2ccccc2)[C@H](OCc2ccccc2)[C@H]1Sc1ccc(C)cc1. The maximum atomic E-state index is 13.3. The van der Waals surface area contributed by atoms with Crippen LogP contribution in [0.4, 0.5) is 0 Å². The molecule has 1 fully saturated rings. The first-order chi connectivity index (χ1) is 22.3. The highest BCUT2D eigenvalue weighted by atomic mass is 32.2. The molecule has 7 heteroatoms. The molecule has 46 heavy (non-hydrogen) atoms. The van der Waals surface area contributed by atoms with Gasteiger partial charge in [0.05, 0.1) is 50.3 Å². The Balaban J connectivity index is 1.52. The van der Waals surface area contributed by atoms with Crippen molar-refractivity contribution in [3.8, 4) is 0 Å². The van der Waals surface area contributed by atoms with Crippen molar-refractivity contribution in [2.24, 2.45) is 5.41 Å². The van der Waals surface area contributed by atoms with E-state index in [1.165, 1.54) is 12.7 Å². The molecular weight excluding hydrogens is 596 g/mol. The molecule has 0 amide bonds. The molecule has 0 saturated carbocycles. The zero-order chi connectivity index (χ0) is 32.4. The number of ether oxygens (including phenoxy) is 5. The molecule has 1 aliphatic rings. The zero-order valence-electron chi connectivity index (χ0n) is 27.0. The summed E-state index contributed by atoms with van der Waals surface area (Å²) in [6.07, 6.45) is -2.04. The van der Waals surface area contributed by atoms with Crippen molar-refractivity contribution in [2.75, 3.05) is 13.7 Å². The number of esters is 1. The van der Waals surface area contributed by atoms with Gasteiger partial charge in [-0.2, -0.15) is 0 Å². The van der Waals surface area contributed by atoms with Gasteiger partial charge in [0.1, 0.15) is 18.3 Å². The standard InChI is InChI=1S/C39H44O6S/c1-28-20-22-32(23-21-28)46-36-35(44-26-31-18-12-7-13-19-31)34(43-25-30-16-10-6-11-17-30)33(27-42-24-29-14-8-5-9-15-29)45-37(36)39(2,3)38(40)41-4/h5-23,33-37H,24-27H2,1-4H3/t33-,34+,35+,36-,37-/m1/s1. The van der Waals surface area contributed by atoms with E-state index >= 15 is 0 Å². The number of benzene rings is 4. The average Bonchev–Trinajstić information content (AvgIpc) is 3.09.